The Balaban J connectivity index is 2.73. The van der Waals surface area contributed by atoms with Crippen LogP contribution in [0.1, 0.15) is 27.2 Å². The number of hydrogen-bond donors (Lipinski definition) is 0. The van der Waals surface area contributed by atoms with E-state index in [0.717, 1.165) is 0 Å². The monoisotopic (exact) mass is 254 g/mol. The van der Waals surface area contributed by atoms with Crippen molar-refractivity contribution in [2.75, 3.05) is 19.8 Å². The predicted octanol–water partition coefficient (Wildman–Crippen LogP) is 1.11. The fourth-order valence-corrected chi connectivity index (χ4v) is 1.61. The third-order valence-electron chi connectivity index (χ3n) is 2.38. The Bertz CT molecular complexity index is 367. The molecule has 18 heavy (non-hydrogen) atoms. The topological polar surface area (TPSA) is 79.6 Å². The van der Waals surface area contributed by atoms with E-state index in [0.29, 0.717) is 13.2 Å². The lowest BCUT2D eigenvalue weighted by Crippen LogP contribution is -2.53. The van der Waals surface area contributed by atoms with Gasteiger partial charge in [0.15, 0.2) is 5.78 Å². The van der Waals surface area contributed by atoms with Gasteiger partial charge in [-0.2, -0.15) is 5.26 Å². The summed E-state index contributed by atoms with van der Waals surface area (Å²) in [6.07, 6.45) is -0.769. The summed E-state index contributed by atoms with van der Waals surface area (Å²) in [7, 11) is 0. The summed E-state index contributed by atoms with van der Waals surface area (Å²) in [5, 5.41) is 8.53. The van der Waals surface area contributed by atoms with Crippen LogP contribution in [-0.4, -0.2) is 48.2 Å². The first-order valence-corrected chi connectivity index (χ1v) is 5.82. The molecule has 1 amide bonds. The van der Waals surface area contributed by atoms with E-state index in [2.05, 4.69) is 0 Å². The van der Waals surface area contributed by atoms with Crippen molar-refractivity contribution in [2.45, 2.75) is 38.8 Å². The van der Waals surface area contributed by atoms with Gasteiger partial charge in [0.05, 0.1) is 25.7 Å². The second-order valence-corrected chi connectivity index (χ2v) is 5.07. The minimum Gasteiger partial charge on any atom is -0.444 e. The zero-order valence-electron chi connectivity index (χ0n) is 10.9. The normalized spacial score (nSPS) is 20.1. The van der Waals surface area contributed by atoms with Gasteiger partial charge in [0.1, 0.15) is 11.6 Å². The zero-order chi connectivity index (χ0) is 13.8. The number of ketones is 1. The lowest BCUT2D eigenvalue weighted by Gasteiger charge is -2.35. The molecule has 6 heteroatoms. The van der Waals surface area contributed by atoms with Crippen LogP contribution in [0.15, 0.2) is 0 Å². The molecule has 0 aromatic heterocycles. The highest BCUT2D eigenvalue weighted by atomic mass is 16.6. The van der Waals surface area contributed by atoms with E-state index in [1.54, 1.807) is 26.8 Å². The van der Waals surface area contributed by atoms with Gasteiger partial charge in [-0.1, -0.05) is 0 Å². The van der Waals surface area contributed by atoms with Crippen LogP contribution in [0.4, 0.5) is 4.79 Å². The Morgan fingerprint density at radius 3 is 2.72 bits per heavy atom. The first-order chi connectivity index (χ1) is 8.35. The molecule has 0 N–H and O–H groups in total. The molecule has 1 atom stereocenters. The van der Waals surface area contributed by atoms with Crippen molar-refractivity contribution in [1.29, 1.82) is 5.26 Å². The molecule has 1 fully saturated rings. The molecule has 0 radical (unpaired) electrons. The van der Waals surface area contributed by atoms with Gasteiger partial charge in [0.2, 0.25) is 0 Å². The number of nitrogens with zero attached hydrogens (tertiary/aromatic N) is 2. The van der Waals surface area contributed by atoms with Crippen molar-refractivity contribution in [3.05, 3.63) is 0 Å². The van der Waals surface area contributed by atoms with E-state index < -0.39 is 17.7 Å². The van der Waals surface area contributed by atoms with Crippen LogP contribution < -0.4 is 0 Å². The summed E-state index contributed by atoms with van der Waals surface area (Å²) in [6, 6.07) is 1.07. The molecule has 100 valence electrons. The highest BCUT2D eigenvalue weighted by Gasteiger charge is 2.34. The SMILES string of the molecule is CC(C)(C)OC(=O)N1CCOC[C@@H]1C(=O)CC#N. The quantitative estimate of drug-likeness (QED) is 0.737. The van der Waals surface area contributed by atoms with Gasteiger partial charge in [-0.15, -0.1) is 0 Å². The average Bonchev–Trinajstić information content (AvgIpc) is 2.27. The number of nitriles is 1. The van der Waals surface area contributed by atoms with Crippen molar-refractivity contribution < 1.29 is 19.1 Å². The Morgan fingerprint density at radius 2 is 2.17 bits per heavy atom. The summed E-state index contributed by atoms with van der Waals surface area (Å²) < 4.78 is 10.4. The maximum Gasteiger partial charge on any atom is 0.411 e. The zero-order valence-corrected chi connectivity index (χ0v) is 10.9. The molecule has 1 aliphatic rings. The number of Topliss-reactive ketones (excluding diaryl/α,β-unsaturated/α-hetero) is 1. The van der Waals surface area contributed by atoms with Crippen LogP contribution in [-0.2, 0) is 14.3 Å². The largest absolute Gasteiger partial charge is 0.444 e. The maximum atomic E-state index is 11.9. The summed E-state index contributed by atoms with van der Waals surface area (Å²) in [5.41, 5.74) is -0.613. The third-order valence-corrected chi connectivity index (χ3v) is 2.38. The molecule has 0 spiro atoms. The van der Waals surface area contributed by atoms with Crippen molar-refractivity contribution in [2.24, 2.45) is 0 Å². The molecular formula is C12H18N2O4. The van der Waals surface area contributed by atoms with E-state index in [1.807, 2.05) is 0 Å². The number of morpholine rings is 1. The molecule has 0 unspecified atom stereocenters. The summed E-state index contributed by atoms with van der Waals surface area (Å²) in [5.74, 6) is -0.317. The number of rotatable bonds is 2. The van der Waals surface area contributed by atoms with Crippen molar-refractivity contribution in [3.8, 4) is 6.07 Å². The van der Waals surface area contributed by atoms with Crippen LogP contribution in [0, 0.1) is 11.3 Å². The van der Waals surface area contributed by atoms with Gasteiger partial charge in [-0.3, -0.25) is 9.69 Å². The Morgan fingerprint density at radius 1 is 1.50 bits per heavy atom. The summed E-state index contributed by atoms with van der Waals surface area (Å²) in [6.45, 7) is 6.08. The molecule has 0 saturated carbocycles. The van der Waals surface area contributed by atoms with Crippen LogP contribution >= 0.6 is 0 Å². The number of hydrogen-bond acceptors (Lipinski definition) is 5. The molecule has 0 aromatic rings. The molecule has 6 nitrogen and oxygen atoms in total. The number of amides is 1. The van der Waals surface area contributed by atoms with Gasteiger partial charge >= 0.3 is 6.09 Å². The molecule has 1 heterocycles. The fraction of sp³-hybridized carbons (Fsp3) is 0.750. The van der Waals surface area contributed by atoms with Gasteiger partial charge in [0, 0.05) is 6.54 Å². The van der Waals surface area contributed by atoms with E-state index in [-0.39, 0.29) is 18.8 Å². The highest BCUT2D eigenvalue weighted by molar-refractivity contribution is 5.89. The molecule has 0 aromatic carbocycles. The second-order valence-electron chi connectivity index (χ2n) is 5.07. The van der Waals surface area contributed by atoms with E-state index in [9.17, 15) is 9.59 Å². The Hall–Kier alpha value is -1.61. The third kappa shape index (κ3) is 4.00. The molecule has 1 aliphatic heterocycles. The number of carbonyl (C=O) groups excluding carboxylic acids is 2. The number of ether oxygens (including phenoxy) is 2. The smallest absolute Gasteiger partial charge is 0.411 e. The van der Waals surface area contributed by atoms with Crippen molar-refractivity contribution >= 4 is 11.9 Å². The van der Waals surface area contributed by atoms with Crippen LogP contribution in [0.2, 0.25) is 0 Å². The van der Waals surface area contributed by atoms with E-state index in [1.165, 1.54) is 4.90 Å². The first-order valence-electron chi connectivity index (χ1n) is 5.82. The Labute approximate surface area is 106 Å². The van der Waals surface area contributed by atoms with Crippen molar-refractivity contribution in [3.63, 3.8) is 0 Å². The standard InChI is InChI=1S/C12H18N2O4/c1-12(2,3)18-11(16)14-6-7-17-8-9(14)10(15)4-5-13/h9H,4,6-8H2,1-3H3/t9-/m1/s1. The second kappa shape index (κ2) is 5.83. The molecule has 1 rings (SSSR count). The van der Waals surface area contributed by atoms with Crippen LogP contribution in [0.5, 0.6) is 0 Å². The lowest BCUT2D eigenvalue weighted by atomic mass is 10.1. The lowest BCUT2D eigenvalue weighted by molar-refractivity contribution is -0.129. The molecule has 0 aliphatic carbocycles. The Kier molecular flexibility index (Phi) is 4.68. The minimum absolute atomic E-state index is 0.125. The van der Waals surface area contributed by atoms with Crippen LogP contribution in [0.3, 0.4) is 0 Å². The molecule has 1 saturated heterocycles. The number of carbonyl (C=O) groups is 2. The molecule has 0 bridgehead atoms. The van der Waals surface area contributed by atoms with Gasteiger partial charge in [-0.25, -0.2) is 4.79 Å². The molecular weight excluding hydrogens is 236 g/mol. The average molecular weight is 254 g/mol. The highest BCUT2D eigenvalue weighted by Crippen LogP contribution is 2.15. The van der Waals surface area contributed by atoms with Crippen molar-refractivity contribution in [1.82, 2.24) is 4.90 Å². The fourth-order valence-electron chi connectivity index (χ4n) is 1.61. The van der Waals surface area contributed by atoms with Gasteiger partial charge < -0.3 is 9.47 Å². The predicted molar refractivity (Wildman–Crippen MR) is 62.8 cm³/mol. The van der Waals surface area contributed by atoms with E-state index in [4.69, 9.17) is 14.7 Å². The summed E-state index contributed by atoms with van der Waals surface area (Å²) in [4.78, 5) is 25.0. The van der Waals surface area contributed by atoms with Crippen LogP contribution in [0.25, 0.3) is 0 Å². The maximum absolute atomic E-state index is 11.9. The summed E-state index contributed by atoms with van der Waals surface area (Å²) >= 11 is 0. The van der Waals surface area contributed by atoms with E-state index >= 15 is 0 Å². The first kappa shape index (κ1) is 14.5. The minimum atomic E-state index is -0.715. The van der Waals surface area contributed by atoms with Gasteiger partial charge in [0.25, 0.3) is 0 Å². The van der Waals surface area contributed by atoms with Gasteiger partial charge in [-0.05, 0) is 20.8 Å².